The summed E-state index contributed by atoms with van der Waals surface area (Å²) in [5, 5.41) is 0. The molecule has 2 rings (SSSR count). The topological polar surface area (TPSA) is 18.5 Å². The van der Waals surface area contributed by atoms with Crippen molar-refractivity contribution < 1.29 is 9.47 Å². The van der Waals surface area contributed by atoms with E-state index in [9.17, 15) is 0 Å². The third-order valence-corrected chi connectivity index (χ3v) is 5.55. The fourth-order valence-electron chi connectivity index (χ4n) is 2.99. The van der Waals surface area contributed by atoms with Crippen molar-refractivity contribution in [2.24, 2.45) is 29.6 Å². The van der Waals surface area contributed by atoms with E-state index < -0.39 is 0 Å². The van der Waals surface area contributed by atoms with E-state index in [-0.39, 0.29) is 0 Å². The van der Waals surface area contributed by atoms with Crippen LogP contribution in [0.15, 0.2) is 0 Å². The van der Waals surface area contributed by atoms with Crippen LogP contribution in [-0.2, 0) is 9.47 Å². The summed E-state index contributed by atoms with van der Waals surface area (Å²) in [4.78, 5) is 0. The van der Waals surface area contributed by atoms with Crippen molar-refractivity contribution >= 4 is 0 Å². The Labute approximate surface area is 120 Å². The summed E-state index contributed by atoms with van der Waals surface area (Å²) in [6.45, 7) is 17.7. The molecule has 2 heterocycles. The second-order valence-electron chi connectivity index (χ2n) is 6.85. The average molecular weight is 270 g/mol. The van der Waals surface area contributed by atoms with Crippen LogP contribution in [0.4, 0.5) is 0 Å². The van der Waals surface area contributed by atoms with Gasteiger partial charge in [0.05, 0.1) is 12.2 Å². The predicted molar refractivity (Wildman–Crippen MR) is 81.3 cm³/mol. The maximum Gasteiger partial charge on any atom is 0.0601 e. The maximum absolute atomic E-state index is 5.57. The molecule has 2 saturated heterocycles. The molecule has 114 valence electrons. The lowest BCUT2D eigenvalue weighted by Crippen LogP contribution is -2.36. The van der Waals surface area contributed by atoms with Gasteiger partial charge in [-0.25, -0.2) is 0 Å². The first-order valence-corrected chi connectivity index (χ1v) is 8.11. The third kappa shape index (κ3) is 4.46. The first-order valence-electron chi connectivity index (χ1n) is 8.11. The molecule has 0 saturated carbocycles. The summed E-state index contributed by atoms with van der Waals surface area (Å²) in [7, 11) is 0. The Morgan fingerprint density at radius 1 is 0.737 bits per heavy atom. The van der Waals surface area contributed by atoms with E-state index in [2.05, 4.69) is 48.5 Å². The summed E-state index contributed by atoms with van der Waals surface area (Å²) in [6, 6.07) is 0. The van der Waals surface area contributed by atoms with E-state index in [4.69, 9.17) is 9.47 Å². The van der Waals surface area contributed by atoms with E-state index in [1.54, 1.807) is 0 Å². The fraction of sp³-hybridized carbons (Fsp3) is 1.00. The number of ether oxygens (including phenoxy) is 2. The van der Waals surface area contributed by atoms with E-state index in [0.29, 0.717) is 12.2 Å². The van der Waals surface area contributed by atoms with Gasteiger partial charge in [0, 0.05) is 13.2 Å². The standard InChI is InChI=1S/C9H18O.C8H16O/c1-6-5-10-9(4)8(3)7(6)2;1-4-8-7(3)6(2)5-9-8/h6-9H,5H2,1-4H3;6-8H,4-5H2,1-3H3. The normalized spacial score (nSPS) is 46.6. The fourth-order valence-corrected chi connectivity index (χ4v) is 2.99. The Balaban J connectivity index is 0.000000191. The van der Waals surface area contributed by atoms with Crippen LogP contribution in [0.25, 0.3) is 0 Å². The SMILES string of the molecule is CC1COC(C)C(C)C1C.CCC1OCC(C)C1C. The second-order valence-corrected chi connectivity index (χ2v) is 6.85. The van der Waals surface area contributed by atoms with Gasteiger partial charge in [0.2, 0.25) is 0 Å². The molecule has 0 amide bonds. The van der Waals surface area contributed by atoms with Crippen LogP contribution >= 0.6 is 0 Å². The summed E-state index contributed by atoms with van der Waals surface area (Å²) in [6.07, 6.45) is 2.18. The van der Waals surface area contributed by atoms with Gasteiger partial charge in [0.15, 0.2) is 0 Å². The molecule has 0 aromatic heterocycles. The molecule has 2 fully saturated rings. The highest BCUT2D eigenvalue weighted by Crippen LogP contribution is 2.30. The largest absolute Gasteiger partial charge is 0.378 e. The Bertz CT molecular complexity index is 240. The van der Waals surface area contributed by atoms with Crippen LogP contribution in [0.5, 0.6) is 0 Å². The smallest absolute Gasteiger partial charge is 0.0601 e. The number of rotatable bonds is 1. The van der Waals surface area contributed by atoms with Gasteiger partial charge in [-0.3, -0.25) is 0 Å². The first-order chi connectivity index (χ1) is 8.88. The molecule has 2 aliphatic heterocycles. The number of hydrogen-bond acceptors (Lipinski definition) is 2. The molecule has 0 N–H and O–H groups in total. The van der Waals surface area contributed by atoms with Gasteiger partial charge in [-0.1, -0.05) is 41.5 Å². The minimum atomic E-state index is 0.464. The van der Waals surface area contributed by atoms with Crippen LogP contribution in [0.2, 0.25) is 0 Å². The molecule has 0 aromatic rings. The van der Waals surface area contributed by atoms with Gasteiger partial charge in [0.1, 0.15) is 0 Å². The minimum absolute atomic E-state index is 0.464. The molecule has 2 nitrogen and oxygen atoms in total. The monoisotopic (exact) mass is 270 g/mol. The lowest BCUT2D eigenvalue weighted by molar-refractivity contribution is -0.0661. The molecule has 2 heteroatoms. The van der Waals surface area contributed by atoms with Crippen LogP contribution in [0, 0.1) is 29.6 Å². The molecule has 7 atom stereocenters. The molecule has 2 aliphatic rings. The zero-order valence-corrected chi connectivity index (χ0v) is 14.0. The highest BCUT2D eigenvalue weighted by atomic mass is 16.5. The maximum atomic E-state index is 5.57. The quantitative estimate of drug-likeness (QED) is 0.704. The van der Waals surface area contributed by atoms with E-state index >= 15 is 0 Å². The van der Waals surface area contributed by atoms with Crippen molar-refractivity contribution in [2.75, 3.05) is 13.2 Å². The van der Waals surface area contributed by atoms with Crippen molar-refractivity contribution in [2.45, 2.75) is 67.1 Å². The Morgan fingerprint density at radius 2 is 1.26 bits per heavy atom. The van der Waals surface area contributed by atoms with Crippen molar-refractivity contribution in [3.8, 4) is 0 Å². The molecule has 0 spiro atoms. The van der Waals surface area contributed by atoms with Crippen molar-refractivity contribution in [3.05, 3.63) is 0 Å². The van der Waals surface area contributed by atoms with E-state index in [0.717, 1.165) is 42.8 Å². The van der Waals surface area contributed by atoms with Crippen LogP contribution in [-0.4, -0.2) is 25.4 Å². The molecule has 0 aliphatic carbocycles. The highest BCUT2D eigenvalue weighted by molar-refractivity contribution is 4.77. The second kappa shape index (κ2) is 7.64. The Morgan fingerprint density at radius 3 is 1.63 bits per heavy atom. The summed E-state index contributed by atoms with van der Waals surface area (Å²) in [5.74, 6) is 3.84. The summed E-state index contributed by atoms with van der Waals surface area (Å²) in [5.41, 5.74) is 0. The predicted octanol–water partition coefficient (Wildman–Crippen LogP) is 4.38. The lowest BCUT2D eigenvalue weighted by Gasteiger charge is -2.36. The van der Waals surface area contributed by atoms with Gasteiger partial charge in [-0.05, 0) is 42.9 Å². The van der Waals surface area contributed by atoms with Crippen LogP contribution in [0.3, 0.4) is 0 Å². The van der Waals surface area contributed by atoms with Crippen LogP contribution < -0.4 is 0 Å². The van der Waals surface area contributed by atoms with Crippen molar-refractivity contribution in [1.29, 1.82) is 0 Å². The molecule has 0 radical (unpaired) electrons. The molecule has 7 unspecified atom stereocenters. The van der Waals surface area contributed by atoms with Crippen LogP contribution in [0.1, 0.15) is 54.9 Å². The molecular weight excluding hydrogens is 236 g/mol. The third-order valence-electron chi connectivity index (χ3n) is 5.55. The highest BCUT2D eigenvalue weighted by Gasteiger charge is 2.29. The summed E-state index contributed by atoms with van der Waals surface area (Å²) >= 11 is 0. The van der Waals surface area contributed by atoms with E-state index in [1.165, 1.54) is 6.42 Å². The Hall–Kier alpha value is -0.0800. The summed E-state index contributed by atoms with van der Waals surface area (Å²) < 4.78 is 11.1. The Kier molecular flexibility index (Phi) is 6.82. The molecule has 0 aromatic carbocycles. The minimum Gasteiger partial charge on any atom is -0.378 e. The number of hydrogen-bond donors (Lipinski definition) is 0. The molecular formula is C17H34O2. The van der Waals surface area contributed by atoms with Crippen molar-refractivity contribution in [3.63, 3.8) is 0 Å². The molecule has 0 bridgehead atoms. The van der Waals surface area contributed by atoms with Gasteiger partial charge >= 0.3 is 0 Å². The average Bonchev–Trinajstić information content (AvgIpc) is 2.72. The van der Waals surface area contributed by atoms with Gasteiger partial charge in [-0.2, -0.15) is 0 Å². The van der Waals surface area contributed by atoms with Gasteiger partial charge in [-0.15, -0.1) is 0 Å². The van der Waals surface area contributed by atoms with E-state index in [1.807, 2.05) is 0 Å². The zero-order valence-electron chi connectivity index (χ0n) is 14.0. The van der Waals surface area contributed by atoms with Crippen molar-refractivity contribution in [1.82, 2.24) is 0 Å². The lowest BCUT2D eigenvalue weighted by atomic mass is 9.80. The first kappa shape index (κ1) is 17.0. The zero-order chi connectivity index (χ0) is 14.6. The molecule has 19 heavy (non-hydrogen) atoms. The van der Waals surface area contributed by atoms with Gasteiger partial charge < -0.3 is 9.47 Å². The van der Waals surface area contributed by atoms with Gasteiger partial charge in [0.25, 0.3) is 0 Å².